The van der Waals surface area contributed by atoms with Crippen molar-refractivity contribution < 1.29 is 19.0 Å². The molecule has 4 aliphatic rings. The first kappa shape index (κ1) is 29.3. The maximum atomic E-state index is 12.5. The van der Waals surface area contributed by atoms with E-state index in [2.05, 4.69) is 48.3 Å². The summed E-state index contributed by atoms with van der Waals surface area (Å²) in [4.78, 5) is 23.8. The summed E-state index contributed by atoms with van der Waals surface area (Å²) < 4.78 is 17.2. The van der Waals surface area contributed by atoms with E-state index in [9.17, 15) is 4.79 Å². The van der Waals surface area contributed by atoms with Crippen LogP contribution in [0.2, 0.25) is 0 Å². The van der Waals surface area contributed by atoms with Gasteiger partial charge in [-0.15, -0.1) is 0 Å². The highest BCUT2D eigenvalue weighted by atomic mass is 16.6. The topological polar surface area (TPSA) is 83.0 Å². The minimum absolute atomic E-state index is 0.127. The highest BCUT2D eigenvalue weighted by Crippen LogP contribution is 2.37. The van der Waals surface area contributed by atoms with Gasteiger partial charge in [0.05, 0.1) is 35.9 Å². The number of carbonyl (C=O) groups is 1. The minimum atomic E-state index is -0.272. The molecule has 5 heterocycles. The van der Waals surface area contributed by atoms with Crippen LogP contribution in [0, 0.1) is 0 Å². The summed E-state index contributed by atoms with van der Waals surface area (Å²) in [5.74, 6) is 0. The number of hydrazone groups is 1. The Balaban J connectivity index is 1.15. The Morgan fingerprint density at radius 3 is 2.61 bits per heavy atom. The summed E-state index contributed by atoms with van der Waals surface area (Å²) >= 11 is 0. The lowest BCUT2D eigenvalue weighted by atomic mass is 9.84. The first-order chi connectivity index (χ1) is 19.9. The molecule has 3 fully saturated rings. The van der Waals surface area contributed by atoms with E-state index in [1.54, 1.807) is 16.1 Å². The number of piperazine rings is 1. The van der Waals surface area contributed by atoms with Crippen molar-refractivity contribution >= 4 is 18.4 Å². The molecule has 10 heteroatoms. The Morgan fingerprint density at radius 1 is 1.20 bits per heavy atom. The molecule has 10 nitrogen and oxygen atoms in total. The Labute approximate surface area is 243 Å². The lowest BCUT2D eigenvalue weighted by Crippen LogP contribution is -2.49. The molecule has 0 N–H and O–H groups in total. The molecule has 0 bridgehead atoms. The van der Waals surface area contributed by atoms with Crippen LogP contribution in [-0.2, 0) is 19.8 Å². The summed E-state index contributed by atoms with van der Waals surface area (Å²) in [6.07, 6.45) is 11.9. The van der Waals surface area contributed by atoms with Gasteiger partial charge in [0.15, 0.2) is 0 Å². The predicted molar refractivity (Wildman–Crippen MR) is 159 cm³/mol. The van der Waals surface area contributed by atoms with E-state index < -0.39 is 0 Å². The summed E-state index contributed by atoms with van der Waals surface area (Å²) in [5.41, 5.74) is 3.50. The largest absolute Gasteiger partial charge is 0.444 e. The van der Waals surface area contributed by atoms with Crippen molar-refractivity contribution in [2.24, 2.45) is 5.10 Å². The number of hydrogen-bond acceptors (Lipinski definition) is 9. The number of aromatic nitrogens is 1. The summed E-state index contributed by atoms with van der Waals surface area (Å²) in [7, 11) is 0. The van der Waals surface area contributed by atoms with Gasteiger partial charge in [0, 0.05) is 82.5 Å². The van der Waals surface area contributed by atoms with Crippen molar-refractivity contribution in [1.29, 1.82) is 0 Å². The highest BCUT2D eigenvalue weighted by Gasteiger charge is 2.37. The standard InChI is InChI=1S/C31H44N6O4/c1-5-40-31(11-15-34(16-12-31)24(2)3)26-6-7-27(32-22-26)9-14-37-25(4)29(8-13-33-37)35-17-19-36(20-18-35)30(38)41-28-10-21-39-23-28/h6-9,13-14,22,24,28H,4-5,10-12,15-21,23H2,1-3H3/b14-9+/t28-/m1/s1. The first-order valence-electron chi connectivity index (χ1n) is 14.9. The van der Waals surface area contributed by atoms with E-state index in [1.807, 2.05) is 30.6 Å². The highest BCUT2D eigenvalue weighted by molar-refractivity contribution is 5.75. The SMILES string of the molecule is C=C1C(N2CCN(C(=O)O[C@@H]3CCOC3)CC2)=CC=NN1/C=C/c1ccc(C2(OCC)CCN(C(C)C)CC2)cn1. The lowest BCUT2D eigenvalue weighted by Gasteiger charge is -2.43. The molecule has 5 rings (SSSR count). The van der Waals surface area contributed by atoms with Crippen LogP contribution in [0.5, 0.6) is 0 Å². The van der Waals surface area contributed by atoms with Crippen LogP contribution < -0.4 is 0 Å². The molecular weight excluding hydrogens is 520 g/mol. The van der Waals surface area contributed by atoms with Crippen molar-refractivity contribution in [2.45, 2.75) is 57.8 Å². The van der Waals surface area contributed by atoms with E-state index in [0.29, 0.717) is 52.0 Å². The first-order valence-corrected chi connectivity index (χ1v) is 14.9. The average molecular weight is 565 g/mol. The van der Waals surface area contributed by atoms with Crippen LogP contribution in [-0.4, -0.2) is 108 Å². The molecule has 1 atom stereocenters. The van der Waals surface area contributed by atoms with Gasteiger partial charge in [-0.05, 0) is 51.8 Å². The van der Waals surface area contributed by atoms with Gasteiger partial charge in [0.1, 0.15) is 6.10 Å². The van der Waals surface area contributed by atoms with Crippen molar-refractivity contribution in [3.63, 3.8) is 0 Å². The number of amides is 1. The molecule has 0 unspecified atom stereocenters. The van der Waals surface area contributed by atoms with Crippen LogP contribution in [0.3, 0.4) is 0 Å². The van der Waals surface area contributed by atoms with Gasteiger partial charge < -0.3 is 28.9 Å². The van der Waals surface area contributed by atoms with Gasteiger partial charge in [0.25, 0.3) is 0 Å². The van der Waals surface area contributed by atoms with Crippen molar-refractivity contribution in [1.82, 2.24) is 24.7 Å². The Hall–Kier alpha value is -3.21. The molecule has 41 heavy (non-hydrogen) atoms. The zero-order valence-electron chi connectivity index (χ0n) is 24.7. The number of piperidine rings is 1. The number of ether oxygens (including phenoxy) is 3. The maximum Gasteiger partial charge on any atom is 0.410 e. The molecule has 0 spiro atoms. The lowest BCUT2D eigenvalue weighted by molar-refractivity contribution is -0.0888. The number of rotatable bonds is 8. The molecule has 1 aromatic heterocycles. The summed E-state index contributed by atoms with van der Waals surface area (Å²) in [5, 5.41) is 6.26. The Morgan fingerprint density at radius 2 is 1.98 bits per heavy atom. The molecule has 0 aliphatic carbocycles. The van der Waals surface area contributed by atoms with Crippen molar-refractivity contribution in [2.75, 3.05) is 59.1 Å². The monoisotopic (exact) mass is 564 g/mol. The van der Waals surface area contributed by atoms with Crippen molar-refractivity contribution in [3.05, 3.63) is 59.8 Å². The molecule has 0 saturated carbocycles. The van der Waals surface area contributed by atoms with E-state index in [4.69, 9.17) is 19.2 Å². The van der Waals surface area contributed by atoms with Crippen molar-refractivity contribution in [3.8, 4) is 0 Å². The summed E-state index contributed by atoms with van der Waals surface area (Å²) in [6.45, 7) is 17.4. The van der Waals surface area contributed by atoms with Crippen LogP contribution in [0.1, 0.15) is 51.3 Å². The summed E-state index contributed by atoms with van der Waals surface area (Å²) in [6, 6.07) is 4.75. The third-order valence-corrected chi connectivity index (χ3v) is 8.49. The van der Waals surface area contributed by atoms with Crippen LogP contribution in [0.4, 0.5) is 4.79 Å². The zero-order chi connectivity index (χ0) is 28.8. The van der Waals surface area contributed by atoms with E-state index >= 15 is 0 Å². The number of pyridine rings is 1. The molecule has 4 aliphatic heterocycles. The second-order valence-corrected chi connectivity index (χ2v) is 11.3. The molecule has 222 valence electrons. The van der Waals surface area contributed by atoms with Crippen LogP contribution in [0.15, 0.2) is 53.7 Å². The fraction of sp³-hybridized carbons (Fsp3) is 0.581. The molecular formula is C31H44N6O4. The fourth-order valence-corrected chi connectivity index (χ4v) is 5.94. The number of nitrogens with zero attached hydrogens (tertiary/aromatic N) is 6. The smallest absolute Gasteiger partial charge is 0.410 e. The van der Waals surface area contributed by atoms with E-state index in [-0.39, 0.29) is 17.8 Å². The van der Waals surface area contributed by atoms with E-state index in [1.165, 1.54) is 0 Å². The second kappa shape index (κ2) is 13.2. The number of hydrogen-bond donors (Lipinski definition) is 0. The van der Waals surface area contributed by atoms with Gasteiger partial charge in [0.2, 0.25) is 0 Å². The fourth-order valence-electron chi connectivity index (χ4n) is 5.94. The third-order valence-electron chi connectivity index (χ3n) is 8.49. The quantitative estimate of drug-likeness (QED) is 0.468. The molecule has 1 amide bonds. The number of carbonyl (C=O) groups excluding carboxylic acids is 1. The third kappa shape index (κ3) is 6.82. The second-order valence-electron chi connectivity index (χ2n) is 11.3. The van der Waals surface area contributed by atoms with Gasteiger partial charge in [-0.2, -0.15) is 5.10 Å². The normalized spacial score (nSPS) is 23.5. The van der Waals surface area contributed by atoms with Crippen LogP contribution in [0.25, 0.3) is 6.08 Å². The maximum absolute atomic E-state index is 12.5. The van der Waals surface area contributed by atoms with Gasteiger partial charge in [-0.1, -0.05) is 12.6 Å². The minimum Gasteiger partial charge on any atom is -0.444 e. The van der Waals surface area contributed by atoms with Gasteiger partial charge in [-0.3, -0.25) is 4.98 Å². The number of allylic oxidation sites excluding steroid dienone is 1. The predicted octanol–water partition coefficient (Wildman–Crippen LogP) is 4.03. The molecule has 0 aromatic carbocycles. The molecule has 0 radical (unpaired) electrons. The zero-order valence-corrected chi connectivity index (χ0v) is 24.7. The van der Waals surface area contributed by atoms with Gasteiger partial charge in [-0.25, -0.2) is 9.80 Å². The van der Waals surface area contributed by atoms with Crippen LogP contribution >= 0.6 is 0 Å². The average Bonchev–Trinajstić information content (AvgIpc) is 3.50. The van der Waals surface area contributed by atoms with Gasteiger partial charge >= 0.3 is 6.09 Å². The molecule has 1 aromatic rings. The Kier molecular flexibility index (Phi) is 9.42. The molecule has 3 saturated heterocycles. The van der Waals surface area contributed by atoms with E-state index in [0.717, 1.165) is 55.0 Å². The number of likely N-dealkylation sites (tertiary alicyclic amines) is 1. The Bertz CT molecular complexity index is 1140.